The molecule has 0 aliphatic rings. The molecule has 0 saturated carbocycles. The standard InChI is InChI=1S/C30H34N2O7/c1-3-32(4-2)25-13-12-24-20-26(30(36)39-27(24)21-25)28(34)31-15-17-37-18-19-38-29(35)23(14-16-33)11-10-22-8-6-5-7-9-22/h5-14,20-21,33H,3-4,15-19H2,1-2H3,(H,31,34)/b11-10+,23-14+. The molecule has 0 atom stereocenters. The number of nitrogens with one attached hydrogen (secondary N) is 1. The van der Waals surface area contributed by atoms with Crippen molar-refractivity contribution in [3.05, 3.63) is 93.9 Å². The SMILES string of the molecule is CCN(CC)c1ccc2cc(C(=O)NCCOCCOC(=O)C(/C=C/c3ccccc3)=C/CO)c(=O)oc2c1. The van der Waals surface area contributed by atoms with E-state index < -0.39 is 17.5 Å². The average molecular weight is 535 g/mol. The molecule has 1 amide bonds. The highest BCUT2D eigenvalue weighted by atomic mass is 16.6. The number of anilines is 1. The molecule has 1 heterocycles. The van der Waals surface area contributed by atoms with Crippen molar-refractivity contribution in [1.29, 1.82) is 0 Å². The number of amides is 1. The second-order valence-electron chi connectivity index (χ2n) is 8.43. The molecule has 39 heavy (non-hydrogen) atoms. The highest BCUT2D eigenvalue weighted by Gasteiger charge is 2.14. The Morgan fingerprint density at radius 2 is 1.79 bits per heavy atom. The first-order chi connectivity index (χ1) is 19.0. The first-order valence-electron chi connectivity index (χ1n) is 12.9. The van der Waals surface area contributed by atoms with Crippen molar-refractivity contribution in [2.45, 2.75) is 13.8 Å². The van der Waals surface area contributed by atoms with E-state index in [0.717, 1.165) is 24.3 Å². The zero-order chi connectivity index (χ0) is 28.0. The number of fused-ring (bicyclic) bond motifs is 1. The quantitative estimate of drug-likeness (QED) is 0.106. The average Bonchev–Trinajstić information content (AvgIpc) is 2.95. The molecule has 9 heteroatoms. The van der Waals surface area contributed by atoms with Crippen LogP contribution >= 0.6 is 0 Å². The number of carbonyl (C=O) groups is 2. The summed E-state index contributed by atoms with van der Waals surface area (Å²) in [5.41, 5.74) is 1.71. The van der Waals surface area contributed by atoms with Crippen molar-refractivity contribution in [3.63, 3.8) is 0 Å². The molecule has 0 unspecified atom stereocenters. The number of hydrogen-bond acceptors (Lipinski definition) is 8. The third-order valence-corrected chi connectivity index (χ3v) is 5.89. The molecule has 0 aliphatic carbocycles. The number of benzene rings is 2. The summed E-state index contributed by atoms with van der Waals surface area (Å²) in [6, 6.07) is 16.5. The third-order valence-electron chi connectivity index (χ3n) is 5.89. The van der Waals surface area contributed by atoms with E-state index in [9.17, 15) is 19.5 Å². The topological polar surface area (TPSA) is 118 Å². The second kappa shape index (κ2) is 15.3. The summed E-state index contributed by atoms with van der Waals surface area (Å²) in [5.74, 6) is -1.14. The van der Waals surface area contributed by atoms with Crippen LogP contribution in [0.3, 0.4) is 0 Å². The minimum atomic E-state index is -0.711. The van der Waals surface area contributed by atoms with Crippen LogP contribution < -0.4 is 15.8 Å². The van der Waals surface area contributed by atoms with E-state index in [1.54, 1.807) is 18.2 Å². The molecular weight excluding hydrogens is 500 g/mol. The molecule has 0 saturated heterocycles. The lowest BCUT2D eigenvalue weighted by Crippen LogP contribution is -2.31. The molecule has 2 N–H and O–H groups in total. The Labute approximate surface area is 227 Å². The van der Waals surface area contributed by atoms with E-state index in [1.165, 1.54) is 12.1 Å². The van der Waals surface area contributed by atoms with Crippen LogP contribution in [0.4, 0.5) is 5.69 Å². The summed E-state index contributed by atoms with van der Waals surface area (Å²) in [6.07, 6.45) is 4.70. The zero-order valence-corrected chi connectivity index (χ0v) is 22.2. The molecule has 0 aliphatic heterocycles. The Kier molecular flexibility index (Phi) is 11.5. The van der Waals surface area contributed by atoms with E-state index in [0.29, 0.717) is 11.0 Å². The van der Waals surface area contributed by atoms with Crippen molar-refractivity contribution in [2.24, 2.45) is 0 Å². The molecule has 0 fully saturated rings. The summed E-state index contributed by atoms with van der Waals surface area (Å²) in [5, 5.41) is 12.5. The fourth-order valence-corrected chi connectivity index (χ4v) is 3.82. The first kappa shape index (κ1) is 29.3. The van der Waals surface area contributed by atoms with Crippen LogP contribution in [0.1, 0.15) is 29.8 Å². The number of esters is 1. The summed E-state index contributed by atoms with van der Waals surface area (Å²) in [4.78, 5) is 39.4. The van der Waals surface area contributed by atoms with Gasteiger partial charge in [0.25, 0.3) is 5.91 Å². The number of ether oxygens (including phenoxy) is 2. The normalized spacial score (nSPS) is 11.6. The monoisotopic (exact) mass is 534 g/mol. The van der Waals surface area contributed by atoms with Gasteiger partial charge in [-0.3, -0.25) is 4.79 Å². The van der Waals surface area contributed by atoms with Gasteiger partial charge in [-0.15, -0.1) is 0 Å². The van der Waals surface area contributed by atoms with Gasteiger partial charge >= 0.3 is 11.6 Å². The molecule has 206 valence electrons. The van der Waals surface area contributed by atoms with Gasteiger partial charge in [0.2, 0.25) is 0 Å². The highest BCUT2D eigenvalue weighted by molar-refractivity contribution is 5.97. The number of aliphatic hydroxyl groups is 1. The minimum absolute atomic E-state index is 0.00152. The molecule has 1 aromatic heterocycles. The Hall–Kier alpha value is -4.21. The van der Waals surface area contributed by atoms with Gasteiger partial charge < -0.3 is 29.2 Å². The summed E-state index contributed by atoms with van der Waals surface area (Å²) in [7, 11) is 0. The summed E-state index contributed by atoms with van der Waals surface area (Å²) >= 11 is 0. The lowest BCUT2D eigenvalue weighted by Gasteiger charge is -2.21. The van der Waals surface area contributed by atoms with Crippen molar-refractivity contribution in [2.75, 3.05) is 51.0 Å². The first-order valence-corrected chi connectivity index (χ1v) is 12.9. The maximum Gasteiger partial charge on any atom is 0.349 e. The van der Waals surface area contributed by atoms with Crippen LogP contribution in [0, 0.1) is 0 Å². The van der Waals surface area contributed by atoms with Gasteiger partial charge in [-0.05, 0) is 49.8 Å². The molecule has 2 aromatic carbocycles. The zero-order valence-electron chi connectivity index (χ0n) is 22.2. The van der Waals surface area contributed by atoms with Crippen LogP contribution in [0.5, 0.6) is 0 Å². The predicted octanol–water partition coefficient (Wildman–Crippen LogP) is 3.56. The van der Waals surface area contributed by atoms with Gasteiger partial charge in [-0.2, -0.15) is 0 Å². The Bertz CT molecular complexity index is 1360. The molecule has 3 aromatic rings. The lowest BCUT2D eigenvalue weighted by molar-refractivity contribution is -0.140. The number of aliphatic hydroxyl groups excluding tert-OH is 1. The van der Waals surface area contributed by atoms with Crippen molar-refractivity contribution < 1.29 is 28.6 Å². The smallest absolute Gasteiger partial charge is 0.349 e. The van der Waals surface area contributed by atoms with E-state index in [-0.39, 0.29) is 44.1 Å². The van der Waals surface area contributed by atoms with Crippen LogP contribution in [-0.4, -0.2) is 63.0 Å². The lowest BCUT2D eigenvalue weighted by atomic mass is 10.1. The van der Waals surface area contributed by atoms with Crippen LogP contribution in [0.15, 0.2) is 81.5 Å². The molecule has 0 bridgehead atoms. The Balaban J connectivity index is 1.42. The maximum atomic E-state index is 12.5. The number of carbonyl (C=O) groups excluding carboxylic acids is 2. The van der Waals surface area contributed by atoms with Gasteiger partial charge in [0, 0.05) is 36.8 Å². The van der Waals surface area contributed by atoms with Gasteiger partial charge in [0.05, 0.1) is 25.4 Å². The predicted molar refractivity (Wildman–Crippen MR) is 151 cm³/mol. The van der Waals surface area contributed by atoms with Crippen molar-refractivity contribution >= 4 is 34.6 Å². The fourth-order valence-electron chi connectivity index (χ4n) is 3.82. The number of rotatable bonds is 14. The number of nitrogens with zero attached hydrogens (tertiary/aromatic N) is 1. The Morgan fingerprint density at radius 3 is 2.51 bits per heavy atom. The van der Waals surface area contributed by atoms with Crippen molar-refractivity contribution in [3.8, 4) is 0 Å². The van der Waals surface area contributed by atoms with Gasteiger partial charge in [-0.1, -0.05) is 36.4 Å². The number of hydrogen-bond donors (Lipinski definition) is 2. The van der Waals surface area contributed by atoms with E-state index in [4.69, 9.17) is 13.9 Å². The largest absolute Gasteiger partial charge is 0.460 e. The Morgan fingerprint density at radius 1 is 1.03 bits per heavy atom. The van der Waals surface area contributed by atoms with Crippen LogP contribution in [0.2, 0.25) is 0 Å². The molecular formula is C30H34N2O7. The third kappa shape index (κ3) is 8.66. The van der Waals surface area contributed by atoms with E-state index in [1.807, 2.05) is 56.3 Å². The second-order valence-corrected chi connectivity index (χ2v) is 8.43. The minimum Gasteiger partial charge on any atom is -0.460 e. The molecule has 9 nitrogen and oxygen atoms in total. The van der Waals surface area contributed by atoms with Gasteiger partial charge in [-0.25, -0.2) is 9.59 Å². The fraction of sp³-hybridized carbons (Fsp3) is 0.300. The van der Waals surface area contributed by atoms with E-state index in [2.05, 4.69) is 10.2 Å². The van der Waals surface area contributed by atoms with Crippen molar-refractivity contribution in [1.82, 2.24) is 5.32 Å². The summed E-state index contributed by atoms with van der Waals surface area (Å²) < 4.78 is 16.0. The molecule has 0 spiro atoms. The maximum absolute atomic E-state index is 12.5. The highest BCUT2D eigenvalue weighted by Crippen LogP contribution is 2.22. The molecule has 0 radical (unpaired) electrons. The van der Waals surface area contributed by atoms with Crippen LogP contribution in [-0.2, 0) is 14.3 Å². The van der Waals surface area contributed by atoms with Gasteiger partial charge in [0.15, 0.2) is 0 Å². The van der Waals surface area contributed by atoms with Gasteiger partial charge in [0.1, 0.15) is 17.8 Å². The molecule has 3 rings (SSSR count). The van der Waals surface area contributed by atoms with Crippen LogP contribution in [0.25, 0.3) is 17.0 Å². The van der Waals surface area contributed by atoms with E-state index >= 15 is 0 Å². The summed E-state index contributed by atoms with van der Waals surface area (Å²) in [6.45, 7) is 5.87.